The summed E-state index contributed by atoms with van der Waals surface area (Å²) in [4.78, 5) is 23.6. The van der Waals surface area contributed by atoms with Crippen molar-refractivity contribution in [1.29, 1.82) is 0 Å². The Kier molecular flexibility index (Phi) is 5.44. The molecule has 0 radical (unpaired) electrons. The first-order valence-corrected chi connectivity index (χ1v) is 7.45. The molecule has 3 N–H and O–H groups in total. The Balaban J connectivity index is 2.14. The van der Waals surface area contributed by atoms with Crippen molar-refractivity contribution in [2.45, 2.75) is 12.5 Å². The normalized spacial score (nSPS) is 11.8. The van der Waals surface area contributed by atoms with Gasteiger partial charge in [0.15, 0.2) is 0 Å². The van der Waals surface area contributed by atoms with Gasteiger partial charge in [-0.15, -0.1) is 0 Å². The Hall–Kier alpha value is -2.28. The molecule has 0 saturated heterocycles. The van der Waals surface area contributed by atoms with Gasteiger partial charge in [0.25, 0.3) is 5.91 Å². The molecule has 0 aliphatic heterocycles. The number of carbonyl (C=O) groups is 2. The highest BCUT2D eigenvalue weighted by atomic mass is 79.9. The lowest BCUT2D eigenvalue weighted by Gasteiger charge is -2.16. The van der Waals surface area contributed by atoms with E-state index in [0.29, 0.717) is 6.07 Å². The minimum atomic E-state index is -0.991. The number of nitrogens with one attached hydrogen (secondary N) is 1. The van der Waals surface area contributed by atoms with Crippen LogP contribution in [0.25, 0.3) is 0 Å². The number of nitrogens with two attached hydrogens (primary N) is 1. The van der Waals surface area contributed by atoms with Gasteiger partial charge in [0.05, 0.1) is 0 Å². The van der Waals surface area contributed by atoms with E-state index < -0.39 is 29.5 Å². The lowest BCUT2D eigenvalue weighted by atomic mass is 10.0. The minimum absolute atomic E-state index is 0.173. The summed E-state index contributed by atoms with van der Waals surface area (Å²) in [5, 5.41) is 2.39. The zero-order valence-corrected chi connectivity index (χ0v) is 13.4. The predicted octanol–water partition coefficient (Wildman–Crippen LogP) is 2.55. The molecule has 0 saturated carbocycles. The molecule has 1 atom stereocenters. The van der Waals surface area contributed by atoms with E-state index in [0.717, 1.165) is 22.2 Å². The number of amides is 2. The zero-order chi connectivity index (χ0) is 17.0. The van der Waals surface area contributed by atoms with Crippen LogP contribution in [0, 0.1) is 11.6 Å². The van der Waals surface area contributed by atoms with Crippen molar-refractivity contribution < 1.29 is 18.4 Å². The van der Waals surface area contributed by atoms with Crippen molar-refractivity contribution in [1.82, 2.24) is 5.32 Å². The van der Waals surface area contributed by atoms with Crippen LogP contribution in [0.5, 0.6) is 0 Å². The van der Waals surface area contributed by atoms with Crippen molar-refractivity contribution in [2.75, 3.05) is 0 Å². The van der Waals surface area contributed by atoms with Crippen LogP contribution < -0.4 is 11.1 Å². The van der Waals surface area contributed by atoms with Crippen LogP contribution in [-0.4, -0.2) is 17.9 Å². The Morgan fingerprint density at radius 1 is 1.09 bits per heavy atom. The highest BCUT2D eigenvalue weighted by molar-refractivity contribution is 9.10. The van der Waals surface area contributed by atoms with E-state index in [1.165, 1.54) is 0 Å². The number of primary amides is 1. The van der Waals surface area contributed by atoms with Gasteiger partial charge in [0, 0.05) is 22.5 Å². The zero-order valence-electron chi connectivity index (χ0n) is 11.9. The molecule has 2 aromatic rings. The molecule has 7 heteroatoms. The van der Waals surface area contributed by atoms with E-state index in [1.807, 2.05) is 0 Å². The van der Waals surface area contributed by atoms with E-state index >= 15 is 0 Å². The van der Waals surface area contributed by atoms with E-state index in [2.05, 4.69) is 21.2 Å². The third-order valence-corrected chi connectivity index (χ3v) is 3.66. The maximum atomic E-state index is 13.2. The van der Waals surface area contributed by atoms with Gasteiger partial charge in [-0.1, -0.05) is 28.1 Å². The van der Waals surface area contributed by atoms with Gasteiger partial charge in [-0.2, -0.15) is 0 Å². The molecule has 120 valence electrons. The Morgan fingerprint density at radius 2 is 1.65 bits per heavy atom. The van der Waals surface area contributed by atoms with Crippen LogP contribution in [0.4, 0.5) is 8.78 Å². The molecular formula is C16H13BrF2N2O2. The summed E-state index contributed by atoms with van der Waals surface area (Å²) in [6.07, 6.45) is 0.173. The standard InChI is InChI=1S/C16H13BrF2N2O2/c17-11-3-1-9(2-4-11)5-14(15(20)22)21-16(23)10-6-12(18)8-13(19)7-10/h1-4,6-8,14H,5H2,(H2,20,22)(H,21,23)/t14-/m0/s1. The molecule has 2 rings (SSSR count). The molecule has 0 bridgehead atoms. The molecule has 23 heavy (non-hydrogen) atoms. The number of halogens is 3. The van der Waals surface area contributed by atoms with Gasteiger partial charge in [0.1, 0.15) is 17.7 Å². The Labute approximate surface area is 139 Å². The number of benzene rings is 2. The average molecular weight is 383 g/mol. The monoisotopic (exact) mass is 382 g/mol. The lowest BCUT2D eigenvalue weighted by molar-refractivity contribution is -0.119. The first kappa shape index (κ1) is 17.1. The third-order valence-electron chi connectivity index (χ3n) is 3.13. The molecule has 0 spiro atoms. The molecule has 2 aromatic carbocycles. The van der Waals surface area contributed by atoms with Gasteiger partial charge in [0.2, 0.25) is 5.91 Å². The van der Waals surface area contributed by atoms with Crippen LogP contribution in [0.1, 0.15) is 15.9 Å². The molecule has 0 heterocycles. The van der Waals surface area contributed by atoms with Crippen LogP contribution in [0.15, 0.2) is 46.9 Å². The summed E-state index contributed by atoms with van der Waals surface area (Å²) in [5.41, 5.74) is 5.85. The molecule has 0 unspecified atom stereocenters. The fourth-order valence-electron chi connectivity index (χ4n) is 2.01. The number of hydrogen-bond donors (Lipinski definition) is 2. The average Bonchev–Trinajstić information content (AvgIpc) is 2.47. The summed E-state index contributed by atoms with van der Waals surface area (Å²) in [6, 6.07) is 8.56. The third kappa shape index (κ3) is 4.85. The first-order valence-electron chi connectivity index (χ1n) is 6.66. The SMILES string of the molecule is NC(=O)[C@H](Cc1ccc(Br)cc1)NC(=O)c1cc(F)cc(F)c1. The van der Waals surface area contributed by atoms with Crippen LogP contribution >= 0.6 is 15.9 Å². The molecule has 2 amide bonds. The Morgan fingerprint density at radius 3 is 2.17 bits per heavy atom. The summed E-state index contributed by atoms with van der Waals surface area (Å²) >= 11 is 3.29. The van der Waals surface area contributed by atoms with Gasteiger partial charge < -0.3 is 11.1 Å². The van der Waals surface area contributed by atoms with Crippen molar-refractivity contribution in [3.8, 4) is 0 Å². The molecular weight excluding hydrogens is 370 g/mol. The van der Waals surface area contributed by atoms with Crippen molar-refractivity contribution in [3.05, 3.63) is 69.7 Å². The van der Waals surface area contributed by atoms with Crippen molar-refractivity contribution in [2.24, 2.45) is 5.73 Å². The summed E-state index contributed by atoms with van der Waals surface area (Å²) in [6.45, 7) is 0. The smallest absolute Gasteiger partial charge is 0.252 e. The largest absolute Gasteiger partial charge is 0.368 e. The number of carbonyl (C=O) groups excluding carboxylic acids is 2. The number of rotatable bonds is 5. The second kappa shape index (κ2) is 7.32. The first-order chi connectivity index (χ1) is 10.8. The lowest BCUT2D eigenvalue weighted by Crippen LogP contribution is -2.45. The van der Waals surface area contributed by atoms with E-state index in [-0.39, 0.29) is 12.0 Å². The van der Waals surface area contributed by atoms with E-state index in [1.54, 1.807) is 24.3 Å². The van der Waals surface area contributed by atoms with Crippen molar-refractivity contribution >= 4 is 27.7 Å². The quantitative estimate of drug-likeness (QED) is 0.833. The second-order valence-corrected chi connectivity index (χ2v) is 5.83. The highest BCUT2D eigenvalue weighted by Gasteiger charge is 2.20. The minimum Gasteiger partial charge on any atom is -0.368 e. The Bertz CT molecular complexity index is 715. The van der Waals surface area contributed by atoms with Crippen LogP contribution in [-0.2, 0) is 11.2 Å². The van der Waals surface area contributed by atoms with Gasteiger partial charge in [-0.25, -0.2) is 8.78 Å². The molecule has 4 nitrogen and oxygen atoms in total. The second-order valence-electron chi connectivity index (χ2n) is 4.92. The van der Waals surface area contributed by atoms with E-state index in [4.69, 9.17) is 5.73 Å². The molecule has 0 aliphatic carbocycles. The number of hydrogen-bond acceptors (Lipinski definition) is 2. The summed E-state index contributed by atoms with van der Waals surface area (Å²) in [5.74, 6) is -3.26. The van der Waals surface area contributed by atoms with Gasteiger partial charge >= 0.3 is 0 Å². The van der Waals surface area contributed by atoms with Crippen molar-refractivity contribution in [3.63, 3.8) is 0 Å². The maximum absolute atomic E-state index is 13.2. The van der Waals surface area contributed by atoms with Gasteiger partial charge in [-0.3, -0.25) is 9.59 Å². The van der Waals surface area contributed by atoms with Crippen LogP contribution in [0.3, 0.4) is 0 Å². The van der Waals surface area contributed by atoms with E-state index in [9.17, 15) is 18.4 Å². The fourth-order valence-corrected chi connectivity index (χ4v) is 2.27. The maximum Gasteiger partial charge on any atom is 0.252 e. The predicted molar refractivity (Wildman–Crippen MR) is 84.7 cm³/mol. The fraction of sp³-hybridized carbons (Fsp3) is 0.125. The summed E-state index contributed by atoms with van der Waals surface area (Å²) < 4.78 is 27.2. The highest BCUT2D eigenvalue weighted by Crippen LogP contribution is 2.13. The van der Waals surface area contributed by atoms with Crippen LogP contribution in [0.2, 0.25) is 0 Å². The molecule has 0 aromatic heterocycles. The molecule has 0 fully saturated rings. The molecule has 0 aliphatic rings. The van der Waals surface area contributed by atoms with Gasteiger partial charge in [-0.05, 0) is 29.8 Å². The topological polar surface area (TPSA) is 72.2 Å². The summed E-state index contributed by atoms with van der Waals surface area (Å²) in [7, 11) is 0.